The smallest absolute Gasteiger partial charge is 0.329 e. The maximum Gasteiger partial charge on any atom is 0.329 e. The molecule has 1 aromatic rings. The molecular weight excluding hydrogens is 234 g/mol. The van der Waals surface area contributed by atoms with Gasteiger partial charge < -0.3 is 14.8 Å². The third-order valence-electron chi connectivity index (χ3n) is 3.42. The molecule has 0 saturated heterocycles. The second-order valence-corrected chi connectivity index (χ2v) is 4.72. The fourth-order valence-electron chi connectivity index (χ4n) is 2.39. The van der Waals surface area contributed by atoms with Crippen molar-refractivity contribution in [3.63, 3.8) is 0 Å². The summed E-state index contributed by atoms with van der Waals surface area (Å²) < 4.78 is 5.13. The lowest BCUT2D eigenvalue weighted by atomic mass is 9.97. The quantitative estimate of drug-likeness (QED) is 0.835. The molecule has 1 fully saturated rings. The number of aliphatic carboxylic acids is 1. The van der Waals surface area contributed by atoms with Crippen LogP contribution in [0.2, 0.25) is 0 Å². The Balaban J connectivity index is 1.88. The lowest BCUT2D eigenvalue weighted by Crippen LogP contribution is -2.52. The molecule has 2 rings (SSSR count). The van der Waals surface area contributed by atoms with Gasteiger partial charge in [-0.15, -0.1) is 0 Å². The molecule has 0 atom stereocenters. The number of carboxylic acid groups (broad SMARTS) is 1. The van der Waals surface area contributed by atoms with E-state index in [4.69, 9.17) is 4.42 Å². The predicted molar refractivity (Wildman–Crippen MR) is 64.0 cm³/mol. The SMILES string of the molecule is O=C(CCc1ccco1)NC1(C(=O)O)CCCC1. The van der Waals surface area contributed by atoms with Crippen LogP contribution in [0.5, 0.6) is 0 Å². The first-order valence-electron chi connectivity index (χ1n) is 6.19. The van der Waals surface area contributed by atoms with Crippen molar-refractivity contribution in [3.8, 4) is 0 Å². The molecule has 1 aromatic heterocycles. The van der Waals surface area contributed by atoms with Gasteiger partial charge in [-0.1, -0.05) is 12.8 Å². The van der Waals surface area contributed by atoms with Gasteiger partial charge in [-0.2, -0.15) is 0 Å². The van der Waals surface area contributed by atoms with Gasteiger partial charge in [0.15, 0.2) is 0 Å². The number of carbonyl (C=O) groups is 2. The molecule has 1 heterocycles. The second kappa shape index (κ2) is 5.25. The molecule has 0 aromatic carbocycles. The third-order valence-corrected chi connectivity index (χ3v) is 3.42. The Morgan fingerprint density at radius 1 is 1.39 bits per heavy atom. The van der Waals surface area contributed by atoms with Crippen LogP contribution in [-0.2, 0) is 16.0 Å². The number of hydrogen-bond acceptors (Lipinski definition) is 3. The highest BCUT2D eigenvalue weighted by Gasteiger charge is 2.42. The minimum atomic E-state index is -1.04. The molecular formula is C13H17NO4. The maximum absolute atomic E-state index is 11.8. The maximum atomic E-state index is 11.8. The van der Waals surface area contributed by atoms with Crippen molar-refractivity contribution in [2.75, 3.05) is 0 Å². The molecule has 18 heavy (non-hydrogen) atoms. The van der Waals surface area contributed by atoms with E-state index < -0.39 is 11.5 Å². The number of amides is 1. The Labute approximate surface area is 105 Å². The molecule has 1 aliphatic carbocycles. The van der Waals surface area contributed by atoms with Crippen LogP contribution in [0.4, 0.5) is 0 Å². The molecule has 0 aliphatic heterocycles. The van der Waals surface area contributed by atoms with Gasteiger partial charge in [0.25, 0.3) is 0 Å². The van der Waals surface area contributed by atoms with Gasteiger partial charge in [0.2, 0.25) is 5.91 Å². The third kappa shape index (κ3) is 2.72. The van der Waals surface area contributed by atoms with E-state index in [0.717, 1.165) is 18.6 Å². The highest BCUT2D eigenvalue weighted by atomic mass is 16.4. The van der Waals surface area contributed by atoms with E-state index in [0.29, 0.717) is 19.3 Å². The fraction of sp³-hybridized carbons (Fsp3) is 0.538. The Morgan fingerprint density at radius 2 is 2.11 bits per heavy atom. The van der Waals surface area contributed by atoms with Gasteiger partial charge in [0, 0.05) is 12.8 Å². The standard InChI is InChI=1S/C13H17NO4/c15-11(6-5-10-4-3-9-18-10)14-13(12(16)17)7-1-2-8-13/h3-4,9H,1-2,5-8H2,(H,14,15)(H,16,17). The van der Waals surface area contributed by atoms with Crippen LogP contribution in [0.1, 0.15) is 37.9 Å². The van der Waals surface area contributed by atoms with E-state index in [2.05, 4.69) is 5.32 Å². The zero-order chi connectivity index (χ0) is 13.0. The van der Waals surface area contributed by atoms with Crippen LogP contribution < -0.4 is 5.32 Å². The van der Waals surface area contributed by atoms with Gasteiger partial charge in [-0.05, 0) is 25.0 Å². The van der Waals surface area contributed by atoms with E-state index in [-0.39, 0.29) is 12.3 Å². The average Bonchev–Trinajstić information content (AvgIpc) is 2.97. The first kappa shape index (κ1) is 12.7. The summed E-state index contributed by atoms with van der Waals surface area (Å²) in [6.07, 6.45) is 5.05. The van der Waals surface area contributed by atoms with Crippen molar-refractivity contribution in [1.82, 2.24) is 5.32 Å². The molecule has 0 radical (unpaired) electrons. The summed E-state index contributed by atoms with van der Waals surface area (Å²) >= 11 is 0. The highest BCUT2D eigenvalue weighted by Crippen LogP contribution is 2.30. The normalized spacial score (nSPS) is 17.6. The topological polar surface area (TPSA) is 79.5 Å². The number of rotatable bonds is 5. The predicted octanol–water partition coefficient (Wildman–Crippen LogP) is 1.73. The molecule has 0 bridgehead atoms. The number of carbonyl (C=O) groups excluding carboxylic acids is 1. The van der Waals surface area contributed by atoms with Crippen LogP contribution in [0.15, 0.2) is 22.8 Å². The van der Waals surface area contributed by atoms with Crippen LogP contribution >= 0.6 is 0 Å². The van der Waals surface area contributed by atoms with Crippen LogP contribution in [0.25, 0.3) is 0 Å². The van der Waals surface area contributed by atoms with Crippen molar-refractivity contribution >= 4 is 11.9 Å². The second-order valence-electron chi connectivity index (χ2n) is 4.72. The molecule has 5 nitrogen and oxygen atoms in total. The number of nitrogens with one attached hydrogen (secondary N) is 1. The van der Waals surface area contributed by atoms with E-state index in [9.17, 15) is 14.7 Å². The zero-order valence-corrected chi connectivity index (χ0v) is 10.1. The van der Waals surface area contributed by atoms with E-state index in [1.54, 1.807) is 18.4 Å². The first-order valence-corrected chi connectivity index (χ1v) is 6.19. The number of aryl methyl sites for hydroxylation is 1. The molecule has 5 heteroatoms. The van der Waals surface area contributed by atoms with E-state index in [1.807, 2.05) is 0 Å². The average molecular weight is 251 g/mol. The van der Waals surface area contributed by atoms with Crippen LogP contribution in [0.3, 0.4) is 0 Å². The first-order chi connectivity index (χ1) is 8.62. The summed E-state index contributed by atoms with van der Waals surface area (Å²) in [7, 11) is 0. The van der Waals surface area contributed by atoms with Crippen molar-refractivity contribution in [2.24, 2.45) is 0 Å². The largest absolute Gasteiger partial charge is 0.480 e. The zero-order valence-electron chi connectivity index (χ0n) is 10.1. The molecule has 1 aliphatic rings. The summed E-state index contributed by atoms with van der Waals surface area (Å²) in [5.41, 5.74) is -1.04. The number of carboxylic acids is 1. The minimum absolute atomic E-state index is 0.226. The highest BCUT2D eigenvalue weighted by molar-refractivity contribution is 5.87. The molecule has 1 saturated carbocycles. The molecule has 0 spiro atoms. The molecule has 1 amide bonds. The van der Waals surface area contributed by atoms with Gasteiger partial charge in [-0.25, -0.2) is 4.79 Å². The monoisotopic (exact) mass is 251 g/mol. The summed E-state index contributed by atoms with van der Waals surface area (Å²) in [6.45, 7) is 0. The van der Waals surface area contributed by atoms with Gasteiger partial charge in [0.05, 0.1) is 6.26 Å². The van der Waals surface area contributed by atoms with Gasteiger partial charge in [-0.3, -0.25) is 4.79 Å². The summed E-state index contributed by atoms with van der Waals surface area (Å²) in [5.74, 6) is -0.414. The summed E-state index contributed by atoms with van der Waals surface area (Å²) in [5, 5.41) is 11.9. The van der Waals surface area contributed by atoms with Gasteiger partial charge in [0.1, 0.15) is 11.3 Å². The van der Waals surface area contributed by atoms with Gasteiger partial charge >= 0.3 is 5.97 Å². The lowest BCUT2D eigenvalue weighted by Gasteiger charge is -2.25. The Morgan fingerprint density at radius 3 is 2.67 bits per heavy atom. The van der Waals surface area contributed by atoms with Crippen LogP contribution in [0, 0.1) is 0 Å². The molecule has 0 unspecified atom stereocenters. The number of furan rings is 1. The molecule has 98 valence electrons. The van der Waals surface area contributed by atoms with Crippen molar-refractivity contribution in [3.05, 3.63) is 24.2 Å². The fourth-order valence-corrected chi connectivity index (χ4v) is 2.39. The Kier molecular flexibility index (Phi) is 3.69. The molecule has 2 N–H and O–H groups in total. The Hall–Kier alpha value is -1.78. The van der Waals surface area contributed by atoms with Crippen molar-refractivity contribution in [2.45, 2.75) is 44.1 Å². The van der Waals surface area contributed by atoms with Crippen molar-refractivity contribution < 1.29 is 19.1 Å². The summed E-state index contributed by atoms with van der Waals surface area (Å²) in [4.78, 5) is 23.0. The van der Waals surface area contributed by atoms with Crippen molar-refractivity contribution in [1.29, 1.82) is 0 Å². The minimum Gasteiger partial charge on any atom is -0.480 e. The Bertz CT molecular complexity index is 418. The van der Waals surface area contributed by atoms with E-state index >= 15 is 0 Å². The lowest BCUT2D eigenvalue weighted by molar-refractivity contribution is -0.147. The number of hydrogen-bond donors (Lipinski definition) is 2. The summed E-state index contributed by atoms with van der Waals surface area (Å²) in [6, 6.07) is 3.57. The van der Waals surface area contributed by atoms with E-state index in [1.165, 1.54) is 0 Å². The van der Waals surface area contributed by atoms with Crippen LogP contribution in [-0.4, -0.2) is 22.5 Å².